The van der Waals surface area contributed by atoms with Crippen LogP contribution in [-0.2, 0) is 37.9 Å². The van der Waals surface area contributed by atoms with Crippen LogP contribution in [0.5, 0.6) is 5.75 Å². The molecule has 2 aliphatic heterocycles. The molecular formula is C24H20N2O8. The number of nitrogens with zero attached hydrogens (tertiary/aromatic N) is 2. The van der Waals surface area contributed by atoms with Crippen molar-refractivity contribution >= 4 is 28.8 Å². The second-order valence-corrected chi connectivity index (χ2v) is 8.29. The highest BCUT2D eigenvalue weighted by atomic mass is 16.6. The van der Waals surface area contributed by atoms with Crippen LogP contribution < -0.4 is 10.3 Å². The summed E-state index contributed by atoms with van der Waals surface area (Å²) in [5.74, 6) is -2.32. The highest BCUT2D eigenvalue weighted by Crippen LogP contribution is 2.39. The smallest absolute Gasteiger partial charge is 0.343 e. The minimum Gasteiger partial charge on any atom is -0.481 e. The third-order valence-electron chi connectivity index (χ3n) is 6.28. The van der Waals surface area contributed by atoms with Crippen LogP contribution in [0.1, 0.15) is 42.9 Å². The Morgan fingerprint density at radius 2 is 2.03 bits per heavy atom. The first-order valence-electron chi connectivity index (χ1n) is 10.7. The number of esters is 2. The van der Waals surface area contributed by atoms with E-state index in [0.29, 0.717) is 27.9 Å². The van der Waals surface area contributed by atoms with E-state index in [4.69, 9.17) is 14.6 Å². The molecule has 0 radical (unpaired) electrons. The molecular weight excluding hydrogens is 444 g/mol. The lowest BCUT2D eigenvalue weighted by Crippen LogP contribution is -2.44. The van der Waals surface area contributed by atoms with Gasteiger partial charge in [-0.2, -0.15) is 0 Å². The first-order valence-corrected chi connectivity index (χ1v) is 10.7. The van der Waals surface area contributed by atoms with Gasteiger partial charge in [-0.1, -0.05) is 13.0 Å². The molecule has 0 bridgehead atoms. The lowest BCUT2D eigenvalue weighted by atomic mass is 9.86. The van der Waals surface area contributed by atoms with Crippen LogP contribution in [0, 0.1) is 0 Å². The summed E-state index contributed by atoms with van der Waals surface area (Å²) in [5.41, 5.74) is 0.412. The Morgan fingerprint density at radius 1 is 1.24 bits per heavy atom. The van der Waals surface area contributed by atoms with Crippen molar-refractivity contribution in [3.8, 4) is 17.1 Å². The van der Waals surface area contributed by atoms with E-state index < -0.39 is 23.5 Å². The van der Waals surface area contributed by atoms with Crippen molar-refractivity contribution in [2.24, 2.45) is 0 Å². The van der Waals surface area contributed by atoms with E-state index in [1.807, 2.05) is 0 Å². The number of carboxylic acids is 1. The van der Waals surface area contributed by atoms with Crippen LogP contribution in [0.15, 0.2) is 35.1 Å². The van der Waals surface area contributed by atoms with Crippen LogP contribution in [0.2, 0.25) is 0 Å². The Balaban J connectivity index is 1.60. The standard InChI is InChI=1S/C24H20N2O8/c1-2-24(32)15-9-17-21-12(10-26(17)22(30)14(15)11-33-23(24)31)8-13-16(25-21)4-3-5-18(13)34-20(29)7-6-19(27)28/h3-5,8-9,32H,2,6-7,10-11H2,1H3,(H,27,28)/t24-/m0/s1. The predicted molar refractivity (Wildman–Crippen MR) is 117 cm³/mol. The Kier molecular flexibility index (Phi) is 4.98. The zero-order chi connectivity index (χ0) is 24.2. The maximum Gasteiger partial charge on any atom is 0.343 e. The second kappa shape index (κ2) is 7.77. The molecule has 0 amide bonds. The molecule has 4 heterocycles. The summed E-state index contributed by atoms with van der Waals surface area (Å²) in [6.45, 7) is 1.64. The maximum absolute atomic E-state index is 13.2. The van der Waals surface area contributed by atoms with Crippen molar-refractivity contribution in [1.29, 1.82) is 0 Å². The molecule has 1 atom stereocenters. The molecule has 0 unspecified atom stereocenters. The molecule has 174 valence electrons. The molecule has 0 spiro atoms. The van der Waals surface area contributed by atoms with Gasteiger partial charge in [0, 0.05) is 16.5 Å². The molecule has 0 fully saturated rings. The summed E-state index contributed by atoms with van der Waals surface area (Å²) < 4.78 is 12.0. The van der Waals surface area contributed by atoms with Gasteiger partial charge in [0.15, 0.2) is 5.60 Å². The van der Waals surface area contributed by atoms with Gasteiger partial charge in [0.05, 0.1) is 41.9 Å². The average molecular weight is 464 g/mol. The monoisotopic (exact) mass is 464 g/mol. The number of aromatic nitrogens is 2. The first kappa shape index (κ1) is 21.8. The second-order valence-electron chi connectivity index (χ2n) is 8.29. The lowest BCUT2D eigenvalue weighted by Gasteiger charge is -2.31. The highest BCUT2D eigenvalue weighted by molar-refractivity contribution is 5.91. The number of carbonyl (C=O) groups is 3. The zero-order valence-corrected chi connectivity index (χ0v) is 18.2. The van der Waals surface area contributed by atoms with E-state index in [2.05, 4.69) is 4.98 Å². The van der Waals surface area contributed by atoms with Crippen LogP contribution in [0.3, 0.4) is 0 Å². The molecule has 2 aliphatic rings. The number of fused-ring (bicyclic) bond motifs is 5. The third kappa shape index (κ3) is 3.26. The van der Waals surface area contributed by atoms with Crippen molar-refractivity contribution in [2.75, 3.05) is 0 Å². The number of cyclic esters (lactones) is 1. The SMILES string of the molecule is CC[C@@]1(O)C(=O)OCc2c1cc1n(c2=O)Cc2cc3c(OC(=O)CCC(=O)O)cccc3nc2-1. The van der Waals surface area contributed by atoms with Crippen molar-refractivity contribution in [3.05, 3.63) is 57.4 Å². The van der Waals surface area contributed by atoms with Gasteiger partial charge >= 0.3 is 17.9 Å². The number of ether oxygens (including phenoxy) is 2. The van der Waals surface area contributed by atoms with Crippen LogP contribution in [0.25, 0.3) is 22.3 Å². The van der Waals surface area contributed by atoms with Crippen molar-refractivity contribution in [2.45, 2.75) is 44.9 Å². The van der Waals surface area contributed by atoms with E-state index >= 15 is 0 Å². The van der Waals surface area contributed by atoms with Crippen molar-refractivity contribution < 1.29 is 34.1 Å². The van der Waals surface area contributed by atoms with Crippen LogP contribution >= 0.6 is 0 Å². The molecule has 2 N–H and O–H groups in total. The molecule has 5 rings (SSSR count). The number of carbonyl (C=O) groups excluding carboxylic acids is 2. The Bertz CT molecular complexity index is 1460. The van der Waals surface area contributed by atoms with Gasteiger partial charge < -0.3 is 24.3 Å². The molecule has 10 nitrogen and oxygen atoms in total. The third-order valence-corrected chi connectivity index (χ3v) is 6.28. The predicted octanol–water partition coefficient (Wildman–Crippen LogP) is 1.85. The summed E-state index contributed by atoms with van der Waals surface area (Å²) in [4.78, 5) is 53.0. The van der Waals surface area contributed by atoms with E-state index in [-0.39, 0.29) is 54.8 Å². The van der Waals surface area contributed by atoms with Gasteiger partial charge in [0.2, 0.25) is 0 Å². The fraction of sp³-hybridized carbons (Fsp3) is 0.292. The fourth-order valence-electron chi connectivity index (χ4n) is 4.45. The van der Waals surface area contributed by atoms with Crippen molar-refractivity contribution in [1.82, 2.24) is 9.55 Å². The average Bonchev–Trinajstić information content (AvgIpc) is 3.17. The van der Waals surface area contributed by atoms with Gasteiger partial charge in [-0.3, -0.25) is 14.4 Å². The van der Waals surface area contributed by atoms with Gasteiger partial charge in [-0.05, 0) is 30.7 Å². The summed E-state index contributed by atoms with van der Waals surface area (Å²) in [7, 11) is 0. The Labute approximate surface area is 192 Å². The number of benzene rings is 1. The lowest BCUT2D eigenvalue weighted by molar-refractivity contribution is -0.172. The number of aliphatic carboxylic acids is 1. The largest absolute Gasteiger partial charge is 0.481 e. The van der Waals surface area contributed by atoms with Gasteiger partial charge in [0.25, 0.3) is 5.56 Å². The molecule has 34 heavy (non-hydrogen) atoms. The summed E-state index contributed by atoms with van der Waals surface area (Å²) in [5, 5.41) is 20.3. The maximum atomic E-state index is 13.2. The molecule has 0 aliphatic carbocycles. The summed E-state index contributed by atoms with van der Waals surface area (Å²) in [6, 6.07) is 8.37. The van der Waals surface area contributed by atoms with Gasteiger partial charge in [-0.25, -0.2) is 9.78 Å². The summed E-state index contributed by atoms with van der Waals surface area (Å²) >= 11 is 0. The topological polar surface area (TPSA) is 145 Å². The highest BCUT2D eigenvalue weighted by Gasteiger charge is 2.45. The molecule has 1 aromatic carbocycles. The van der Waals surface area contributed by atoms with Crippen molar-refractivity contribution in [3.63, 3.8) is 0 Å². The minimum atomic E-state index is -1.90. The van der Waals surface area contributed by atoms with Gasteiger partial charge in [-0.15, -0.1) is 0 Å². The zero-order valence-electron chi connectivity index (χ0n) is 18.2. The quantitative estimate of drug-likeness (QED) is 0.334. The van der Waals surface area contributed by atoms with Crippen LogP contribution in [0.4, 0.5) is 0 Å². The molecule has 10 heteroatoms. The van der Waals surface area contributed by atoms with E-state index in [0.717, 1.165) is 0 Å². The molecule has 3 aromatic rings. The number of aliphatic hydroxyl groups is 1. The van der Waals surface area contributed by atoms with Gasteiger partial charge in [0.1, 0.15) is 12.4 Å². The normalized spacial score (nSPS) is 18.1. The molecule has 2 aromatic heterocycles. The van der Waals surface area contributed by atoms with Crippen LogP contribution in [-0.4, -0.2) is 37.7 Å². The molecule has 0 saturated carbocycles. The summed E-state index contributed by atoms with van der Waals surface area (Å²) in [6.07, 6.45) is -0.551. The van der Waals surface area contributed by atoms with E-state index in [1.165, 1.54) is 4.57 Å². The number of pyridine rings is 2. The molecule has 0 saturated heterocycles. The number of hydrogen-bond donors (Lipinski definition) is 2. The Hall–Kier alpha value is -4.05. The first-order chi connectivity index (χ1) is 16.2. The fourth-order valence-corrected chi connectivity index (χ4v) is 4.45. The number of rotatable bonds is 5. The minimum absolute atomic E-state index is 0.0519. The Morgan fingerprint density at radius 3 is 2.76 bits per heavy atom. The van der Waals surface area contributed by atoms with E-state index in [1.54, 1.807) is 37.3 Å². The van der Waals surface area contributed by atoms with E-state index in [9.17, 15) is 24.3 Å². The number of hydrogen-bond acceptors (Lipinski definition) is 8. The number of carboxylic acid groups (broad SMARTS) is 1.